The second-order valence-electron chi connectivity index (χ2n) is 11.9. The molecule has 3 aromatic rings. The van der Waals surface area contributed by atoms with Crippen LogP contribution in [0.5, 0.6) is 11.5 Å². The summed E-state index contributed by atoms with van der Waals surface area (Å²) in [4.78, 5) is 21.1. The van der Waals surface area contributed by atoms with Crippen LogP contribution < -0.4 is 9.47 Å². The van der Waals surface area contributed by atoms with Crippen molar-refractivity contribution in [2.45, 2.75) is 44.8 Å². The molecule has 0 spiro atoms. The number of piperidine rings is 1. The minimum Gasteiger partial charge on any atom is -0.497 e. The average molecular weight is 614 g/mol. The molecule has 0 radical (unpaired) electrons. The molecule has 3 heterocycles. The van der Waals surface area contributed by atoms with E-state index in [4.69, 9.17) is 14.2 Å². The van der Waals surface area contributed by atoms with E-state index >= 15 is 0 Å². The lowest BCUT2D eigenvalue weighted by atomic mass is 9.71. The highest BCUT2D eigenvalue weighted by Crippen LogP contribution is 2.42. The third-order valence-electron chi connectivity index (χ3n) is 8.93. The number of aromatic nitrogens is 1. The van der Waals surface area contributed by atoms with Gasteiger partial charge in [-0.15, -0.1) is 0 Å². The molecule has 0 aliphatic carbocycles. The fourth-order valence-corrected chi connectivity index (χ4v) is 6.46. The highest BCUT2D eigenvalue weighted by molar-refractivity contribution is 5.85. The SMILES string of the molecule is COc1ccc2ncc(CN3CCOCC3)c([C@H](O)CCC3(CC(=O)O)CCN(CCOc4cc(F)cc(F)c4)CC3)c2c1. The van der Waals surface area contributed by atoms with Gasteiger partial charge in [0.05, 0.1) is 38.4 Å². The Morgan fingerprint density at radius 2 is 1.77 bits per heavy atom. The predicted octanol–water partition coefficient (Wildman–Crippen LogP) is 4.80. The summed E-state index contributed by atoms with van der Waals surface area (Å²) in [7, 11) is 1.61. The van der Waals surface area contributed by atoms with Gasteiger partial charge in [-0.3, -0.25) is 19.6 Å². The van der Waals surface area contributed by atoms with E-state index < -0.39 is 29.1 Å². The molecule has 11 heteroatoms. The normalized spacial score (nSPS) is 18.3. The van der Waals surface area contributed by atoms with Gasteiger partial charge in [0, 0.05) is 56.0 Å². The number of fused-ring (bicyclic) bond motifs is 1. The van der Waals surface area contributed by atoms with Crippen molar-refractivity contribution in [1.29, 1.82) is 0 Å². The molecule has 0 unspecified atom stereocenters. The highest BCUT2D eigenvalue weighted by Gasteiger charge is 2.37. The number of aliphatic carboxylic acids is 1. The predicted molar refractivity (Wildman–Crippen MR) is 161 cm³/mol. The lowest BCUT2D eigenvalue weighted by Gasteiger charge is -2.41. The van der Waals surface area contributed by atoms with Crippen molar-refractivity contribution in [2.24, 2.45) is 5.41 Å². The van der Waals surface area contributed by atoms with Gasteiger partial charge < -0.3 is 24.4 Å². The summed E-state index contributed by atoms with van der Waals surface area (Å²) in [6.07, 6.45) is 3.34. The number of hydrogen-bond acceptors (Lipinski definition) is 8. The molecule has 1 aromatic heterocycles. The molecule has 0 bridgehead atoms. The molecule has 2 saturated heterocycles. The standard InChI is InChI=1S/C33H41F2N3O6/c1-42-26-2-3-29-28(19-26)32(23(21-36-29)22-38-10-13-43-14-11-38)30(39)4-5-33(20-31(40)41)6-8-37(9-7-33)12-15-44-27-17-24(34)16-25(35)18-27/h2-3,16-19,21,30,39H,4-15,20,22H2,1H3,(H,40,41)/t30-/m1/s1. The molecule has 1 atom stereocenters. The molecule has 0 saturated carbocycles. The van der Waals surface area contributed by atoms with Gasteiger partial charge >= 0.3 is 5.97 Å². The maximum Gasteiger partial charge on any atom is 0.303 e. The number of pyridine rings is 1. The van der Waals surface area contributed by atoms with Gasteiger partial charge in [-0.05, 0) is 73.5 Å². The summed E-state index contributed by atoms with van der Waals surface area (Å²) in [6, 6.07) is 8.75. The van der Waals surface area contributed by atoms with Crippen LogP contribution >= 0.6 is 0 Å². The van der Waals surface area contributed by atoms with Crippen molar-refractivity contribution in [2.75, 3.05) is 59.7 Å². The van der Waals surface area contributed by atoms with Crippen LogP contribution in [0.1, 0.15) is 49.3 Å². The molecular weight excluding hydrogens is 572 g/mol. The third kappa shape index (κ3) is 8.20. The first-order valence-electron chi connectivity index (χ1n) is 15.2. The van der Waals surface area contributed by atoms with Gasteiger partial charge in [0.2, 0.25) is 0 Å². The lowest BCUT2D eigenvalue weighted by Crippen LogP contribution is -2.42. The van der Waals surface area contributed by atoms with E-state index in [-0.39, 0.29) is 18.8 Å². The van der Waals surface area contributed by atoms with E-state index in [0.717, 1.165) is 53.3 Å². The van der Waals surface area contributed by atoms with Crippen LogP contribution in [-0.2, 0) is 16.1 Å². The van der Waals surface area contributed by atoms with Gasteiger partial charge in [-0.2, -0.15) is 0 Å². The van der Waals surface area contributed by atoms with E-state index in [0.29, 0.717) is 70.8 Å². The molecule has 0 amide bonds. The van der Waals surface area contributed by atoms with Gasteiger partial charge in [-0.25, -0.2) is 8.78 Å². The van der Waals surface area contributed by atoms with E-state index in [9.17, 15) is 23.8 Å². The number of methoxy groups -OCH3 is 1. The first-order chi connectivity index (χ1) is 21.2. The Balaban J connectivity index is 1.27. The number of nitrogens with zero attached hydrogens (tertiary/aromatic N) is 3. The van der Waals surface area contributed by atoms with Crippen LogP contribution in [-0.4, -0.2) is 90.6 Å². The Morgan fingerprint density at radius 1 is 1.05 bits per heavy atom. The van der Waals surface area contributed by atoms with Crippen LogP contribution in [0.3, 0.4) is 0 Å². The van der Waals surface area contributed by atoms with Crippen LogP contribution in [0.2, 0.25) is 0 Å². The van der Waals surface area contributed by atoms with Crippen molar-refractivity contribution in [3.8, 4) is 11.5 Å². The number of carbonyl (C=O) groups is 1. The maximum absolute atomic E-state index is 13.5. The second kappa shape index (κ2) is 14.6. The number of carboxylic acids is 1. The smallest absolute Gasteiger partial charge is 0.303 e. The number of rotatable bonds is 13. The Kier molecular flexibility index (Phi) is 10.6. The fraction of sp³-hybridized carbons (Fsp3) is 0.515. The maximum atomic E-state index is 13.5. The van der Waals surface area contributed by atoms with Gasteiger partial charge in [0.25, 0.3) is 0 Å². The number of benzene rings is 2. The monoisotopic (exact) mass is 613 g/mol. The van der Waals surface area contributed by atoms with Crippen molar-refractivity contribution in [3.63, 3.8) is 0 Å². The first-order valence-corrected chi connectivity index (χ1v) is 15.2. The molecule has 238 valence electrons. The lowest BCUT2D eigenvalue weighted by molar-refractivity contribution is -0.141. The summed E-state index contributed by atoms with van der Waals surface area (Å²) >= 11 is 0. The van der Waals surface area contributed by atoms with Crippen molar-refractivity contribution >= 4 is 16.9 Å². The van der Waals surface area contributed by atoms with Gasteiger partial charge in [0.15, 0.2) is 0 Å². The number of ether oxygens (including phenoxy) is 3. The largest absolute Gasteiger partial charge is 0.497 e. The van der Waals surface area contributed by atoms with Crippen molar-refractivity contribution in [1.82, 2.24) is 14.8 Å². The summed E-state index contributed by atoms with van der Waals surface area (Å²) in [5.74, 6) is -1.41. The number of morpholine rings is 1. The fourth-order valence-electron chi connectivity index (χ4n) is 6.46. The quantitative estimate of drug-likeness (QED) is 0.281. The number of aliphatic hydroxyl groups excluding tert-OH is 1. The molecular formula is C33H41F2N3O6. The molecule has 2 aromatic carbocycles. The summed E-state index contributed by atoms with van der Waals surface area (Å²) in [5, 5.41) is 22.4. The van der Waals surface area contributed by atoms with Gasteiger partial charge in [0.1, 0.15) is 29.7 Å². The Labute approximate surface area is 256 Å². The molecule has 2 aliphatic heterocycles. The Bertz CT molecular complexity index is 1410. The van der Waals surface area contributed by atoms with Crippen LogP contribution in [0.25, 0.3) is 10.9 Å². The molecule has 44 heavy (non-hydrogen) atoms. The molecule has 9 nitrogen and oxygen atoms in total. The average Bonchev–Trinajstić information content (AvgIpc) is 3.00. The number of hydrogen-bond donors (Lipinski definition) is 2. The molecule has 2 fully saturated rings. The minimum atomic E-state index is -0.850. The van der Waals surface area contributed by atoms with E-state index in [2.05, 4.69) is 14.8 Å². The van der Waals surface area contributed by atoms with E-state index in [1.54, 1.807) is 7.11 Å². The summed E-state index contributed by atoms with van der Waals surface area (Å²) in [5.41, 5.74) is 2.07. The molecule has 2 aliphatic rings. The molecule has 5 rings (SSSR count). The van der Waals surface area contributed by atoms with Crippen molar-refractivity contribution < 1.29 is 38.0 Å². The van der Waals surface area contributed by atoms with Crippen LogP contribution in [0.15, 0.2) is 42.6 Å². The third-order valence-corrected chi connectivity index (χ3v) is 8.93. The second-order valence-corrected chi connectivity index (χ2v) is 11.9. The van der Waals surface area contributed by atoms with Crippen LogP contribution in [0.4, 0.5) is 8.78 Å². The summed E-state index contributed by atoms with van der Waals surface area (Å²) in [6.45, 7) is 5.72. The first kappa shape index (κ1) is 32.0. The minimum absolute atomic E-state index is 0.0260. The highest BCUT2D eigenvalue weighted by atomic mass is 19.1. The zero-order valence-corrected chi connectivity index (χ0v) is 25.1. The van der Waals surface area contributed by atoms with E-state index in [1.807, 2.05) is 24.4 Å². The van der Waals surface area contributed by atoms with E-state index in [1.165, 1.54) is 0 Å². The zero-order chi connectivity index (χ0) is 31.1. The topological polar surface area (TPSA) is 105 Å². The zero-order valence-electron chi connectivity index (χ0n) is 25.1. The number of halogens is 2. The van der Waals surface area contributed by atoms with Crippen LogP contribution in [0, 0.1) is 17.0 Å². The number of carboxylic acid groups (broad SMARTS) is 1. The Hall–Kier alpha value is -3.38. The number of likely N-dealkylation sites (tertiary alicyclic amines) is 1. The Morgan fingerprint density at radius 3 is 2.45 bits per heavy atom. The molecule has 2 N–H and O–H groups in total. The van der Waals surface area contributed by atoms with Crippen molar-refractivity contribution in [3.05, 3.63) is 65.4 Å². The summed E-state index contributed by atoms with van der Waals surface area (Å²) < 4.78 is 43.5. The van der Waals surface area contributed by atoms with Gasteiger partial charge in [-0.1, -0.05) is 0 Å². The number of aliphatic hydroxyl groups is 1.